The first-order chi connectivity index (χ1) is 18.1. The molecule has 1 aromatic carbocycles. The Bertz CT molecular complexity index is 1210. The third kappa shape index (κ3) is 6.77. The molecule has 1 aliphatic heterocycles. The number of amides is 1. The predicted octanol–water partition coefficient (Wildman–Crippen LogP) is 4.83. The lowest BCUT2D eigenvalue weighted by molar-refractivity contribution is 0.0768. The topological polar surface area (TPSA) is 99.3 Å². The van der Waals surface area contributed by atoms with Crippen molar-refractivity contribution < 1.29 is 9.53 Å². The molecule has 0 radical (unpaired) electrons. The normalized spacial score (nSPS) is 13.9. The Kier molecular flexibility index (Phi) is 9.33. The van der Waals surface area contributed by atoms with Gasteiger partial charge in [-0.1, -0.05) is 19.8 Å². The minimum Gasteiger partial charge on any atom is -0.497 e. The molecule has 0 bridgehead atoms. The summed E-state index contributed by atoms with van der Waals surface area (Å²) in [5, 5.41) is 12.7. The molecule has 9 heteroatoms. The summed E-state index contributed by atoms with van der Waals surface area (Å²) in [5.41, 5.74) is 2.63. The van der Waals surface area contributed by atoms with Gasteiger partial charge in [-0.3, -0.25) is 9.36 Å². The molecule has 4 rings (SSSR count). The number of likely N-dealkylation sites (tertiary alicyclic amines) is 1. The van der Waals surface area contributed by atoms with Crippen molar-refractivity contribution in [3.8, 4) is 11.8 Å². The number of anilines is 2. The fraction of sp³-hybridized carbons (Fsp3) is 0.500. The second-order valence-electron chi connectivity index (χ2n) is 9.47. The number of nitriles is 1. The number of rotatable bonds is 12. The Labute approximate surface area is 219 Å². The number of nitrogens with one attached hydrogen (secondary N) is 1. The van der Waals surface area contributed by atoms with Gasteiger partial charge in [0.25, 0.3) is 5.91 Å². The number of aryl methyl sites for hydroxylation is 1. The summed E-state index contributed by atoms with van der Waals surface area (Å²) < 4.78 is 7.35. The number of nitrogens with zero attached hydrogens (tertiary/aromatic N) is 6. The van der Waals surface area contributed by atoms with Gasteiger partial charge in [-0.25, -0.2) is 9.97 Å². The molecule has 0 saturated carbocycles. The second kappa shape index (κ2) is 13.1. The number of aromatic nitrogens is 3. The second-order valence-corrected chi connectivity index (χ2v) is 9.47. The van der Waals surface area contributed by atoms with Crippen molar-refractivity contribution in [2.45, 2.75) is 52.0 Å². The van der Waals surface area contributed by atoms with E-state index in [0.717, 1.165) is 62.4 Å². The quantitative estimate of drug-likeness (QED) is 0.354. The molecular weight excluding hydrogens is 466 g/mol. The first-order valence-corrected chi connectivity index (χ1v) is 13.3. The molecule has 9 nitrogen and oxygen atoms in total. The van der Waals surface area contributed by atoms with E-state index in [1.54, 1.807) is 18.1 Å². The number of unbranched alkanes of at least 4 members (excludes halogenated alkanes) is 1. The lowest BCUT2D eigenvalue weighted by Crippen LogP contribution is -2.33. The van der Waals surface area contributed by atoms with Crippen LogP contribution in [0.3, 0.4) is 0 Å². The average Bonchev–Trinajstić information content (AvgIpc) is 3.27. The maximum Gasteiger partial charge on any atom is 0.273 e. The van der Waals surface area contributed by atoms with E-state index in [0.29, 0.717) is 23.8 Å². The first-order valence-electron chi connectivity index (χ1n) is 13.3. The van der Waals surface area contributed by atoms with Crippen LogP contribution in [0, 0.1) is 11.3 Å². The van der Waals surface area contributed by atoms with Crippen LogP contribution in [0.2, 0.25) is 0 Å². The van der Waals surface area contributed by atoms with Crippen LogP contribution < -0.4 is 10.1 Å². The van der Waals surface area contributed by atoms with Crippen molar-refractivity contribution in [2.24, 2.45) is 0 Å². The summed E-state index contributed by atoms with van der Waals surface area (Å²) in [4.78, 5) is 26.9. The number of piperidine rings is 1. The van der Waals surface area contributed by atoms with Crippen LogP contribution >= 0.6 is 0 Å². The molecule has 3 heterocycles. The molecule has 3 aromatic rings. The van der Waals surface area contributed by atoms with E-state index < -0.39 is 0 Å². The number of fused-ring (bicyclic) bond motifs is 1. The van der Waals surface area contributed by atoms with Crippen molar-refractivity contribution >= 4 is 28.7 Å². The van der Waals surface area contributed by atoms with Gasteiger partial charge in [0.2, 0.25) is 5.95 Å². The van der Waals surface area contributed by atoms with Crippen LogP contribution in [0.25, 0.3) is 11.2 Å². The zero-order valence-electron chi connectivity index (χ0n) is 21.9. The van der Waals surface area contributed by atoms with Gasteiger partial charge in [0.15, 0.2) is 5.65 Å². The molecule has 1 saturated heterocycles. The van der Waals surface area contributed by atoms with E-state index in [9.17, 15) is 10.1 Å². The van der Waals surface area contributed by atoms with Gasteiger partial charge < -0.3 is 19.9 Å². The van der Waals surface area contributed by atoms with Crippen LogP contribution in [-0.4, -0.2) is 70.1 Å². The van der Waals surface area contributed by atoms with Crippen LogP contribution in [0.4, 0.5) is 11.6 Å². The zero-order valence-corrected chi connectivity index (χ0v) is 21.9. The van der Waals surface area contributed by atoms with Gasteiger partial charge >= 0.3 is 0 Å². The predicted molar refractivity (Wildman–Crippen MR) is 145 cm³/mol. The summed E-state index contributed by atoms with van der Waals surface area (Å²) >= 11 is 0. The molecule has 1 N–H and O–H groups in total. The number of methoxy groups -OCH3 is 1. The number of benzene rings is 1. The fourth-order valence-corrected chi connectivity index (χ4v) is 4.72. The van der Waals surface area contributed by atoms with Crippen molar-refractivity contribution in [3.05, 3.63) is 42.1 Å². The number of pyridine rings is 1. The Hall–Kier alpha value is -3.64. The summed E-state index contributed by atoms with van der Waals surface area (Å²) in [5.74, 6) is 1.26. The average molecular weight is 504 g/mol. The third-order valence-electron chi connectivity index (χ3n) is 6.79. The summed E-state index contributed by atoms with van der Waals surface area (Å²) in [6.45, 7) is 6.73. The van der Waals surface area contributed by atoms with Crippen molar-refractivity contribution in [1.29, 1.82) is 5.26 Å². The molecule has 2 aromatic heterocycles. The summed E-state index contributed by atoms with van der Waals surface area (Å²) in [6.07, 6.45) is 6.61. The lowest BCUT2D eigenvalue weighted by Gasteiger charge is -2.26. The maximum atomic E-state index is 13.2. The number of hydrogen-bond donors (Lipinski definition) is 1. The molecule has 1 amide bonds. The maximum absolute atomic E-state index is 13.2. The number of carbonyl (C=O) groups excluding carboxylic acids is 1. The number of carbonyl (C=O) groups is 1. The molecule has 0 spiro atoms. The number of hydrogen-bond acceptors (Lipinski definition) is 7. The number of ether oxygens (including phenoxy) is 1. The highest BCUT2D eigenvalue weighted by molar-refractivity contribution is 5.94. The van der Waals surface area contributed by atoms with Crippen molar-refractivity contribution in [1.82, 2.24) is 24.3 Å². The van der Waals surface area contributed by atoms with E-state index in [4.69, 9.17) is 14.7 Å². The van der Waals surface area contributed by atoms with Gasteiger partial charge in [-0.05, 0) is 81.7 Å². The van der Waals surface area contributed by atoms with E-state index in [1.165, 1.54) is 19.3 Å². The highest BCUT2D eigenvalue weighted by Gasteiger charge is 2.20. The zero-order chi connectivity index (χ0) is 26.0. The fourth-order valence-electron chi connectivity index (χ4n) is 4.72. The first kappa shape index (κ1) is 26.4. The third-order valence-corrected chi connectivity index (χ3v) is 6.79. The van der Waals surface area contributed by atoms with E-state index >= 15 is 0 Å². The highest BCUT2D eigenvalue weighted by atomic mass is 16.5. The van der Waals surface area contributed by atoms with Crippen LogP contribution in [-0.2, 0) is 6.54 Å². The molecule has 1 aliphatic rings. The van der Waals surface area contributed by atoms with Crippen LogP contribution in [0.5, 0.6) is 5.75 Å². The molecular formula is C28H37N7O2. The van der Waals surface area contributed by atoms with Gasteiger partial charge in [-0.2, -0.15) is 5.26 Å². The molecule has 1 fully saturated rings. The lowest BCUT2D eigenvalue weighted by atomic mass is 10.1. The SMILES string of the molecule is CCCCN(CC#N)C(=O)c1ccc2nc(Nc3ccc(OC)cc3)n(CCCN3CCCCC3)c2n1. The standard InChI is InChI=1S/C28H37N7O2/c1-3-4-19-34(21-15-29)27(36)25-14-13-24-26(31-25)35(20-8-18-33-16-6-5-7-17-33)28(32-24)30-22-9-11-23(37-2)12-10-22/h9-14H,3-8,16-21H2,1-2H3,(H,30,32). The monoisotopic (exact) mass is 503 g/mol. The van der Waals surface area contributed by atoms with E-state index in [2.05, 4.69) is 27.8 Å². The van der Waals surface area contributed by atoms with Gasteiger partial charge in [-0.15, -0.1) is 0 Å². The summed E-state index contributed by atoms with van der Waals surface area (Å²) in [6, 6.07) is 13.4. The Balaban J connectivity index is 1.62. The minimum atomic E-state index is -0.220. The minimum absolute atomic E-state index is 0.0535. The Morgan fingerprint density at radius 2 is 1.86 bits per heavy atom. The number of imidazole rings is 1. The smallest absolute Gasteiger partial charge is 0.273 e. The Morgan fingerprint density at radius 3 is 2.57 bits per heavy atom. The summed E-state index contributed by atoms with van der Waals surface area (Å²) in [7, 11) is 1.65. The molecule has 196 valence electrons. The molecule has 37 heavy (non-hydrogen) atoms. The van der Waals surface area contributed by atoms with E-state index in [1.807, 2.05) is 30.3 Å². The Morgan fingerprint density at radius 1 is 1.08 bits per heavy atom. The van der Waals surface area contributed by atoms with Crippen molar-refractivity contribution in [2.75, 3.05) is 45.2 Å². The van der Waals surface area contributed by atoms with Crippen LogP contribution in [0.15, 0.2) is 36.4 Å². The molecule has 0 atom stereocenters. The van der Waals surface area contributed by atoms with Crippen molar-refractivity contribution in [3.63, 3.8) is 0 Å². The van der Waals surface area contributed by atoms with Gasteiger partial charge in [0.1, 0.15) is 23.5 Å². The van der Waals surface area contributed by atoms with Crippen LogP contribution in [0.1, 0.15) is 55.9 Å². The largest absolute Gasteiger partial charge is 0.497 e. The van der Waals surface area contributed by atoms with Gasteiger partial charge in [0, 0.05) is 18.8 Å². The van der Waals surface area contributed by atoms with Gasteiger partial charge in [0.05, 0.1) is 13.2 Å². The molecule has 0 aliphatic carbocycles. The van der Waals surface area contributed by atoms with E-state index in [-0.39, 0.29) is 12.5 Å². The highest BCUT2D eigenvalue weighted by Crippen LogP contribution is 2.24. The molecule has 0 unspecified atom stereocenters.